The van der Waals surface area contributed by atoms with Gasteiger partial charge in [-0.2, -0.15) is 0 Å². The molecule has 0 saturated heterocycles. The van der Waals surface area contributed by atoms with Crippen molar-refractivity contribution in [1.82, 2.24) is 5.32 Å². The molecular formula is C20H19NO4. The average molecular weight is 337 g/mol. The van der Waals surface area contributed by atoms with E-state index in [2.05, 4.69) is 5.32 Å². The fourth-order valence-electron chi connectivity index (χ4n) is 2.94. The molecule has 5 heteroatoms. The Morgan fingerprint density at radius 3 is 2.36 bits per heavy atom. The molecule has 0 aromatic heterocycles. The number of carbonyl (C=O) groups is 1. The second-order valence-electron chi connectivity index (χ2n) is 5.81. The lowest BCUT2D eigenvalue weighted by atomic mass is 9.92. The van der Waals surface area contributed by atoms with Gasteiger partial charge in [-0.25, -0.2) is 0 Å². The number of benzene rings is 3. The third kappa shape index (κ3) is 3.35. The molecule has 128 valence electrons. The zero-order valence-corrected chi connectivity index (χ0v) is 14.0. The first kappa shape index (κ1) is 16.6. The van der Waals surface area contributed by atoms with Crippen molar-refractivity contribution in [3.05, 3.63) is 65.7 Å². The van der Waals surface area contributed by atoms with Gasteiger partial charge in [-0.1, -0.05) is 24.3 Å². The van der Waals surface area contributed by atoms with Gasteiger partial charge < -0.3 is 20.3 Å². The lowest BCUT2D eigenvalue weighted by molar-refractivity contribution is -0.119. The minimum atomic E-state index is -0.561. The number of amides is 1. The molecule has 0 fully saturated rings. The van der Waals surface area contributed by atoms with E-state index < -0.39 is 6.04 Å². The summed E-state index contributed by atoms with van der Waals surface area (Å²) in [5, 5.41) is 24.8. The Labute approximate surface area is 145 Å². The summed E-state index contributed by atoms with van der Waals surface area (Å²) in [6, 6.07) is 15.0. The van der Waals surface area contributed by atoms with Crippen LogP contribution in [0.3, 0.4) is 0 Å². The maximum atomic E-state index is 11.8. The van der Waals surface area contributed by atoms with E-state index in [0.717, 1.165) is 10.9 Å². The third-order valence-electron chi connectivity index (χ3n) is 4.11. The normalized spacial score (nSPS) is 11.9. The first-order chi connectivity index (χ1) is 12.0. The molecule has 3 aromatic rings. The number of phenols is 2. The number of ether oxygens (including phenoxy) is 1. The van der Waals surface area contributed by atoms with Crippen molar-refractivity contribution in [1.29, 1.82) is 0 Å². The second kappa shape index (κ2) is 6.73. The highest BCUT2D eigenvalue weighted by Crippen LogP contribution is 2.37. The first-order valence-electron chi connectivity index (χ1n) is 7.85. The first-order valence-corrected chi connectivity index (χ1v) is 7.85. The van der Waals surface area contributed by atoms with Crippen LogP contribution in [-0.2, 0) is 4.79 Å². The van der Waals surface area contributed by atoms with Crippen LogP contribution in [0.2, 0.25) is 0 Å². The monoisotopic (exact) mass is 337 g/mol. The lowest BCUT2D eigenvalue weighted by Gasteiger charge is -2.22. The Kier molecular flexibility index (Phi) is 4.48. The molecule has 5 nitrogen and oxygen atoms in total. The summed E-state index contributed by atoms with van der Waals surface area (Å²) in [5.74, 6) is 0.616. The Bertz CT molecular complexity index is 914. The quantitative estimate of drug-likeness (QED) is 0.681. The summed E-state index contributed by atoms with van der Waals surface area (Å²) in [5.41, 5.74) is 1.33. The van der Waals surface area contributed by atoms with E-state index in [4.69, 9.17) is 4.74 Å². The van der Waals surface area contributed by atoms with Gasteiger partial charge in [-0.05, 0) is 46.7 Å². The smallest absolute Gasteiger partial charge is 0.217 e. The molecule has 0 saturated carbocycles. The van der Waals surface area contributed by atoms with E-state index in [0.29, 0.717) is 16.7 Å². The predicted molar refractivity (Wildman–Crippen MR) is 95.9 cm³/mol. The number of methoxy groups -OCH3 is 1. The molecule has 3 aromatic carbocycles. The highest BCUT2D eigenvalue weighted by Gasteiger charge is 2.22. The van der Waals surface area contributed by atoms with Crippen LogP contribution in [0.5, 0.6) is 17.2 Å². The standard InChI is InChI=1S/C20H19NO4/c1-12(22)21-20(14-4-8-16(25-2)9-5-14)19-17-11-15(23)7-3-13(17)6-10-18(19)24/h3-11,20,23-24H,1-2H3,(H,21,22). The maximum Gasteiger partial charge on any atom is 0.217 e. The van der Waals surface area contributed by atoms with E-state index in [1.807, 2.05) is 12.1 Å². The fraction of sp³-hybridized carbons (Fsp3) is 0.150. The SMILES string of the molecule is COc1ccc(C(NC(C)=O)c2c(O)ccc3ccc(O)cc23)cc1. The van der Waals surface area contributed by atoms with E-state index in [9.17, 15) is 15.0 Å². The Hall–Kier alpha value is -3.21. The molecule has 3 rings (SSSR count). The molecular weight excluding hydrogens is 318 g/mol. The van der Waals surface area contributed by atoms with Gasteiger partial charge in [0.15, 0.2) is 0 Å². The van der Waals surface area contributed by atoms with E-state index >= 15 is 0 Å². The summed E-state index contributed by atoms with van der Waals surface area (Å²) in [7, 11) is 1.58. The lowest BCUT2D eigenvalue weighted by Crippen LogP contribution is -2.27. The van der Waals surface area contributed by atoms with Crippen LogP contribution in [0, 0.1) is 0 Å². The molecule has 0 spiro atoms. The van der Waals surface area contributed by atoms with Gasteiger partial charge in [0.1, 0.15) is 17.2 Å². The summed E-state index contributed by atoms with van der Waals surface area (Å²) < 4.78 is 5.18. The van der Waals surface area contributed by atoms with Gasteiger partial charge in [-0.3, -0.25) is 4.79 Å². The van der Waals surface area contributed by atoms with Crippen LogP contribution >= 0.6 is 0 Å². The van der Waals surface area contributed by atoms with Gasteiger partial charge in [-0.15, -0.1) is 0 Å². The van der Waals surface area contributed by atoms with E-state index in [-0.39, 0.29) is 17.4 Å². The van der Waals surface area contributed by atoms with Crippen molar-refractivity contribution in [2.45, 2.75) is 13.0 Å². The van der Waals surface area contributed by atoms with Crippen LogP contribution in [0.15, 0.2) is 54.6 Å². The van der Waals surface area contributed by atoms with Crippen molar-refractivity contribution >= 4 is 16.7 Å². The van der Waals surface area contributed by atoms with Gasteiger partial charge in [0.2, 0.25) is 5.91 Å². The van der Waals surface area contributed by atoms with Gasteiger partial charge in [0.05, 0.1) is 13.2 Å². The van der Waals surface area contributed by atoms with E-state index in [1.165, 1.54) is 6.92 Å². The predicted octanol–water partition coefficient (Wildman–Crippen LogP) is 3.49. The highest BCUT2D eigenvalue weighted by atomic mass is 16.5. The molecule has 0 aliphatic heterocycles. The average Bonchev–Trinajstić information content (AvgIpc) is 2.60. The van der Waals surface area contributed by atoms with Crippen molar-refractivity contribution < 1.29 is 19.7 Å². The number of hydrogen-bond donors (Lipinski definition) is 3. The molecule has 1 atom stereocenters. The van der Waals surface area contributed by atoms with Crippen LogP contribution in [-0.4, -0.2) is 23.2 Å². The van der Waals surface area contributed by atoms with Crippen molar-refractivity contribution in [3.63, 3.8) is 0 Å². The van der Waals surface area contributed by atoms with Crippen molar-refractivity contribution in [2.75, 3.05) is 7.11 Å². The van der Waals surface area contributed by atoms with Gasteiger partial charge in [0, 0.05) is 12.5 Å². The molecule has 0 aliphatic carbocycles. The Morgan fingerprint density at radius 1 is 1.04 bits per heavy atom. The summed E-state index contributed by atoms with van der Waals surface area (Å²) >= 11 is 0. The second-order valence-corrected chi connectivity index (χ2v) is 5.81. The fourth-order valence-corrected chi connectivity index (χ4v) is 2.94. The number of phenolic OH excluding ortho intramolecular Hbond substituents is 2. The van der Waals surface area contributed by atoms with Crippen molar-refractivity contribution in [3.8, 4) is 17.2 Å². The molecule has 1 amide bonds. The summed E-state index contributed by atoms with van der Waals surface area (Å²) in [6.07, 6.45) is 0. The molecule has 0 radical (unpaired) electrons. The van der Waals surface area contributed by atoms with Crippen molar-refractivity contribution in [2.24, 2.45) is 0 Å². The molecule has 25 heavy (non-hydrogen) atoms. The van der Waals surface area contributed by atoms with Crippen LogP contribution in [0.25, 0.3) is 10.8 Å². The zero-order valence-electron chi connectivity index (χ0n) is 14.0. The number of fused-ring (bicyclic) bond motifs is 1. The van der Waals surface area contributed by atoms with Crippen LogP contribution in [0.1, 0.15) is 24.1 Å². The Morgan fingerprint density at radius 2 is 1.72 bits per heavy atom. The highest BCUT2D eigenvalue weighted by molar-refractivity contribution is 5.90. The summed E-state index contributed by atoms with van der Waals surface area (Å²) in [4.78, 5) is 11.8. The zero-order chi connectivity index (χ0) is 18.0. The van der Waals surface area contributed by atoms with Gasteiger partial charge in [0.25, 0.3) is 0 Å². The number of hydrogen-bond acceptors (Lipinski definition) is 4. The minimum absolute atomic E-state index is 0.0488. The number of carbonyl (C=O) groups excluding carboxylic acids is 1. The minimum Gasteiger partial charge on any atom is -0.508 e. The van der Waals surface area contributed by atoms with Gasteiger partial charge >= 0.3 is 0 Å². The van der Waals surface area contributed by atoms with E-state index in [1.54, 1.807) is 49.6 Å². The summed E-state index contributed by atoms with van der Waals surface area (Å²) in [6.45, 7) is 1.43. The molecule has 0 bridgehead atoms. The largest absolute Gasteiger partial charge is 0.508 e. The molecule has 0 heterocycles. The van der Waals surface area contributed by atoms with Crippen LogP contribution < -0.4 is 10.1 Å². The number of nitrogens with one attached hydrogen (secondary N) is 1. The number of rotatable bonds is 4. The molecule has 0 aliphatic rings. The number of aromatic hydroxyl groups is 2. The van der Waals surface area contributed by atoms with Crippen LogP contribution in [0.4, 0.5) is 0 Å². The Balaban J connectivity index is 2.22. The molecule has 3 N–H and O–H groups in total. The maximum absolute atomic E-state index is 11.8. The third-order valence-corrected chi connectivity index (χ3v) is 4.11. The topological polar surface area (TPSA) is 78.8 Å². The molecule has 1 unspecified atom stereocenters.